The molecule has 0 aliphatic carbocycles. The SMILES string of the molecule is CCCCCOc1ccc(C2C3C(NNC3c3ccccc3O)C(=O)N2CCOC)cc1OCC. The number of hydrogen-bond acceptors (Lipinski definition) is 7. The van der Waals surface area contributed by atoms with E-state index in [1.165, 1.54) is 0 Å². The lowest BCUT2D eigenvalue weighted by Crippen LogP contribution is -2.42. The molecular formula is C27H37N3O5. The highest BCUT2D eigenvalue weighted by Crippen LogP contribution is 2.49. The van der Waals surface area contributed by atoms with Crippen LogP contribution < -0.4 is 20.3 Å². The number of phenolic OH excluding ortho intramolecular Hbond substituents is 1. The van der Waals surface area contributed by atoms with Crippen LogP contribution in [0.25, 0.3) is 0 Å². The number of benzene rings is 2. The van der Waals surface area contributed by atoms with Crippen molar-refractivity contribution in [3.05, 3.63) is 53.6 Å². The third-order valence-electron chi connectivity index (χ3n) is 6.84. The van der Waals surface area contributed by atoms with Crippen molar-refractivity contribution >= 4 is 5.91 Å². The van der Waals surface area contributed by atoms with Gasteiger partial charge in [-0.25, -0.2) is 10.9 Å². The van der Waals surface area contributed by atoms with Crippen LogP contribution in [0.5, 0.6) is 17.2 Å². The second kappa shape index (κ2) is 11.7. The van der Waals surface area contributed by atoms with E-state index in [0.717, 1.165) is 36.1 Å². The number of aromatic hydroxyl groups is 1. The van der Waals surface area contributed by atoms with Gasteiger partial charge in [0, 0.05) is 25.1 Å². The summed E-state index contributed by atoms with van der Waals surface area (Å²) in [5.74, 6) is 1.48. The first kappa shape index (κ1) is 25.3. The molecule has 0 aromatic heterocycles. The lowest BCUT2D eigenvalue weighted by Gasteiger charge is -2.31. The van der Waals surface area contributed by atoms with Crippen LogP contribution in [-0.2, 0) is 9.53 Å². The fourth-order valence-electron chi connectivity index (χ4n) is 5.19. The van der Waals surface area contributed by atoms with Crippen LogP contribution in [0.15, 0.2) is 42.5 Å². The maximum Gasteiger partial charge on any atom is 0.242 e. The molecule has 2 aliphatic heterocycles. The molecule has 2 fully saturated rings. The van der Waals surface area contributed by atoms with E-state index in [1.807, 2.05) is 42.2 Å². The lowest BCUT2D eigenvalue weighted by atomic mass is 9.83. The van der Waals surface area contributed by atoms with Gasteiger partial charge in [0.15, 0.2) is 11.5 Å². The highest BCUT2D eigenvalue weighted by Gasteiger charge is 2.55. The molecular weight excluding hydrogens is 446 g/mol. The van der Waals surface area contributed by atoms with Crippen molar-refractivity contribution in [2.45, 2.75) is 51.2 Å². The number of ether oxygens (including phenoxy) is 3. The summed E-state index contributed by atoms with van der Waals surface area (Å²) in [6.45, 7) is 6.19. The summed E-state index contributed by atoms with van der Waals surface area (Å²) in [5, 5.41) is 10.6. The van der Waals surface area contributed by atoms with E-state index in [-0.39, 0.29) is 29.7 Å². The Morgan fingerprint density at radius 3 is 2.51 bits per heavy atom. The Labute approximate surface area is 207 Å². The van der Waals surface area contributed by atoms with E-state index < -0.39 is 6.04 Å². The molecule has 4 atom stereocenters. The fourth-order valence-corrected chi connectivity index (χ4v) is 5.19. The van der Waals surface area contributed by atoms with Crippen LogP contribution in [-0.4, -0.2) is 55.4 Å². The van der Waals surface area contributed by atoms with Crippen molar-refractivity contribution in [1.29, 1.82) is 0 Å². The van der Waals surface area contributed by atoms with Crippen LogP contribution in [0, 0.1) is 5.92 Å². The molecule has 0 bridgehead atoms. The summed E-state index contributed by atoms with van der Waals surface area (Å²) in [6.07, 6.45) is 3.25. The van der Waals surface area contributed by atoms with Crippen molar-refractivity contribution in [3.63, 3.8) is 0 Å². The molecule has 8 nitrogen and oxygen atoms in total. The van der Waals surface area contributed by atoms with Gasteiger partial charge in [0.1, 0.15) is 11.8 Å². The minimum Gasteiger partial charge on any atom is -0.508 e. The normalized spacial score (nSPS) is 23.5. The quantitative estimate of drug-likeness (QED) is 0.396. The minimum atomic E-state index is -0.415. The summed E-state index contributed by atoms with van der Waals surface area (Å²) in [6, 6.07) is 12.4. The number of nitrogens with one attached hydrogen (secondary N) is 2. The molecule has 0 spiro atoms. The number of nitrogens with zero attached hydrogens (tertiary/aromatic N) is 1. The predicted octanol–water partition coefficient (Wildman–Crippen LogP) is 3.72. The molecule has 2 aromatic carbocycles. The predicted molar refractivity (Wildman–Crippen MR) is 133 cm³/mol. The first-order valence-corrected chi connectivity index (χ1v) is 12.6. The molecule has 2 saturated heterocycles. The Bertz CT molecular complexity index is 1000. The summed E-state index contributed by atoms with van der Waals surface area (Å²) in [7, 11) is 1.64. The van der Waals surface area contributed by atoms with Crippen LogP contribution in [0.1, 0.15) is 56.3 Å². The third kappa shape index (κ3) is 5.24. The number of unbranched alkanes of at least 4 members (excludes halogenated alkanes) is 2. The summed E-state index contributed by atoms with van der Waals surface area (Å²) in [5.41, 5.74) is 8.19. The Kier molecular flexibility index (Phi) is 8.49. The van der Waals surface area contributed by atoms with Crippen LogP contribution in [0.4, 0.5) is 0 Å². The summed E-state index contributed by atoms with van der Waals surface area (Å²) < 4.78 is 17.3. The van der Waals surface area contributed by atoms with E-state index in [4.69, 9.17) is 14.2 Å². The maximum atomic E-state index is 13.5. The fraction of sp³-hybridized carbons (Fsp3) is 0.519. The van der Waals surface area contributed by atoms with Gasteiger partial charge in [-0.3, -0.25) is 4.79 Å². The van der Waals surface area contributed by atoms with Crippen molar-refractivity contribution in [3.8, 4) is 17.2 Å². The molecule has 0 saturated carbocycles. The van der Waals surface area contributed by atoms with Crippen molar-refractivity contribution in [1.82, 2.24) is 15.8 Å². The number of amides is 1. The number of fused-ring (bicyclic) bond motifs is 1. The molecule has 4 rings (SSSR count). The van der Waals surface area contributed by atoms with Gasteiger partial charge in [-0.05, 0) is 37.1 Å². The van der Waals surface area contributed by atoms with Gasteiger partial charge in [-0.1, -0.05) is 44.0 Å². The summed E-state index contributed by atoms with van der Waals surface area (Å²) in [4.78, 5) is 15.3. The molecule has 4 unspecified atom stereocenters. The van der Waals surface area contributed by atoms with E-state index in [0.29, 0.717) is 32.1 Å². The Balaban J connectivity index is 1.70. The smallest absolute Gasteiger partial charge is 0.242 e. The number of carbonyl (C=O) groups is 1. The minimum absolute atomic E-state index is 0.0142. The largest absolute Gasteiger partial charge is 0.508 e. The number of rotatable bonds is 12. The van der Waals surface area contributed by atoms with Gasteiger partial charge < -0.3 is 24.2 Å². The summed E-state index contributed by atoms with van der Waals surface area (Å²) >= 11 is 0. The van der Waals surface area contributed by atoms with E-state index in [2.05, 4.69) is 17.8 Å². The van der Waals surface area contributed by atoms with E-state index in [9.17, 15) is 9.90 Å². The zero-order valence-corrected chi connectivity index (χ0v) is 20.8. The van der Waals surface area contributed by atoms with Gasteiger partial charge in [0.25, 0.3) is 0 Å². The number of methoxy groups -OCH3 is 1. The molecule has 2 aromatic rings. The molecule has 0 radical (unpaired) electrons. The Morgan fingerprint density at radius 2 is 1.77 bits per heavy atom. The van der Waals surface area contributed by atoms with Crippen LogP contribution in [0.2, 0.25) is 0 Å². The maximum absolute atomic E-state index is 13.5. The van der Waals surface area contributed by atoms with E-state index >= 15 is 0 Å². The zero-order chi connectivity index (χ0) is 24.8. The first-order valence-electron chi connectivity index (χ1n) is 12.6. The third-order valence-corrected chi connectivity index (χ3v) is 6.84. The number of carbonyl (C=O) groups excluding carboxylic acids is 1. The molecule has 190 valence electrons. The first-order chi connectivity index (χ1) is 17.1. The Hall–Kier alpha value is -2.81. The average Bonchev–Trinajstić information content (AvgIpc) is 3.40. The van der Waals surface area contributed by atoms with Gasteiger partial charge in [0.05, 0.1) is 31.9 Å². The van der Waals surface area contributed by atoms with Gasteiger partial charge in [-0.2, -0.15) is 0 Å². The van der Waals surface area contributed by atoms with Crippen molar-refractivity contribution in [2.75, 3.05) is 33.5 Å². The van der Waals surface area contributed by atoms with Gasteiger partial charge >= 0.3 is 0 Å². The lowest BCUT2D eigenvalue weighted by molar-refractivity contribution is -0.131. The molecule has 1 amide bonds. The van der Waals surface area contributed by atoms with Gasteiger partial charge in [0.2, 0.25) is 5.91 Å². The molecule has 8 heteroatoms. The van der Waals surface area contributed by atoms with Crippen LogP contribution in [0.3, 0.4) is 0 Å². The van der Waals surface area contributed by atoms with Crippen molar-refractivity contribution < 1.29 is 24.1 Å². The second-order valence-electron chi connectivity index (χ2n) is 9.04. The van der Waals surface area contributed by atoms with Gasteiger partial charge in [-0.15, -0.1) is 0 Å². The monoisotopic (exact) mass is 483 g/mol. The molecule has 2 aliphatic rings. The number of para-hydroxylation sites is 1. The standard InChI is InChI=1S/C27H37N3O5/c1-4-6-9-15-35-21-13-12-18(17-22(21)34-5-2)26-23-24(19-10-7-8-11-20(19)31)28-29-25(23)27(32)30(26)14-16-33-3/h7-8,10-13,17,23-26,28-29,31H,4-6,9,14-16H2,1-3H3. The highest BCUT2D eigenvalue weighted by molar-refractivity contribution is 5.86. The molecule has 2 heterocycles. The number of phenols is 1. The molecule has 3 N–H and O–H groups in total. The highest BCUT2D eigenvalue weighted by atomic mass is 16.5. The van der Waals surface area contributed by atoms with Crippen molar-refractivity contribution in [2.24, 2.45) is 5.92 Å². The number of likely N-dealkylation sites (tertiary alicyclic amines) is 1. The average molecular weight is 484 g/mol. The second-order valence-corrected chi connectivity index (χ2v) is 9.04. The zero-order valence-electron chi connectivity index (χ0n) is 20.8. The molecule has 35 heavy (non-hydrogen) atoms. The van der Waals surface area contributed by atoms with E-state index in [1.54, 1.807) is 19.2 Å². The topological polar surface area (TPSA) is 92.3 Å². The van der Waals surface area contributed by atoms with Crippen LogP contribution >= 0.6 is 0 Å². The number of hydrogen-bond donors (Lipinski definition) is 3. The Morgan fingerprint density at radius 1 is 0.971 bits per heavy atom. The number of hydrazine groups is 1.